The van der Waals surface area contributed by atoms with E-state index in [-0.39, 0.29) is 24.3 Å². The Balaban J connectivity index is 1.52. The molecule has 1 amide bonds. The second kappa shape index (κ2) is 8.05. The summed E-state index contributed by atoms with van der Waals surface area (Å²) in [5, 5.41) is 19.9. The van der Waals surface area contributed by atoms with Crippen molar-refractivity contribution >= 4 is 11.7 Å². The fraction of sp³-hybridized carbons (Fsp3) is 0.190. The van der Waals surface area contributed by atoms with Gasteiger partial charge in [0, 0.05) is 23.6 Å². The van der Waals surface area contributed by atoms with E-state index in [4.69, 9.17) is 10.00 Å². The number of hydrogen-bond donors (Lipinski definition) is 0. The Kier molecular flexibility index (Phi) is 5.13. The molecule has 0 unspecified atom stereocenters. The highest BCUT2D eigenvalue weighted by molar-refractivity contribution is 5.95. The molecule has 30 heavy (non-hydrogen) atoms. The maximum absolute atomic E-state index is 13.1. The Hall–Kier alpha value is -4.19. The first-order valence-corrected chi connectivity index (χ1v) is 9.29. The van der Waals surface area contributed by atoms with Crippen LogP contribution in [0.3, 0.4) is 0 Å². The van der Waals surface area contributed by atoms with Crippen LogP contribution < -0.4 is 4.74 Å². The molecule has 0 saturated carbocycles. The lowest BCUT2D eigenvalue weighted by molar-refractivity contribution is -0.389. The number of ether oxygens (including phenoxy) is 1. The second-order valence-corrected chi connectivity index (χ2v) is 6.74. The highest BCUT2D eigenvalue weighted by Crippen LogP contribution is 2.23. The molecule has 150 valence electrons. The number of nitro groups is 1. The van der Waals surface area contributed by atoms with Gasteiger partial charge < -0.3 is 19.8 Å². The summed E-state index contributed by atoms with van der Waals surface area (Å²) in [7, 11) is 0. The number of fused-ring (bicyclic) bond motifs is 1. The number of amides is 1. The van der Waals surface area contributed by atoms with Gasteiger partial charge in [-0.3, -0.25) is 9.36 Å². The highest BCUT2D eigenvalue weighted by atomic mass is 16.6. The molecule has 0 saturated heterocycles. The van der Waals surface area contributed by atoms with Gasteiger partial charge in [-0.2, -0.15) is 5.26 Å². The van der Waals surface area contributed by atoms with Crippen LogP contribution in [0, 0.1) is 21.4 Å². The third kappa shape index (κ3) is 3.84. The zero-order valence-electron chi connectivity index (χ0n) is 15.9. The van der Waals surface area contributed by atoms with Crippen molar-refractivity contribution in [2.45, 2.75) is 6.54 Å². The van der Waals surface area contributed by atoms with E-state index in [0.717, 1.165) is 11.1 Å². The van der Waals surface area contributed by atoms with Crippen molar-refractivity contribution in [1.82, 2.24) is 14.5 Å². The van der Waals surface area contributed by atoms with Crippen LogP contribution in [0.5, 0.6) is 6.01 Å². The SMILES string of the molecule is N#Cc1ccc(-c2cccc(C(=O)N3CCOc4nc([N+](=O)[O-])cn4CC3)c2)cc1. The fourth-order valence-electron chi connectivity index (χ4n) is 3.29. The maximum Gasteiger partial charge on any atom is 0.414 e. The first-order valence-electron chi connectivity index (χ1n) is 9.29. The third-order valence-corrected chi connectivity index (χ3v) is 4.86. The molecule has 0 atom stereocenters. The topological polar surface area (TPSA) is 114 Å². The van der Waals surface area contributed by atoms with Gasteiger partial charge in [-0.15, -0.1) is 0 Å². The minimum absolute atomic E-state index is 0.146. The molecule has 0 fully saturated rings. The number of carbonyl (C=O) groups is 1. The molecule has 9 heteroatoms. The molecule has 0 N–H and O–H groups in total. The summed E-state index contributed by atoms with van der Waals surface area (Å²) in [6.07, 6.45) is 1.31. The van der Waals surface area contributed by atoms with Gasteiger partial charge in [-0.1, -0.05) is 24.3 Å². The molecular weight excluding hydrogens is 386 g/mol. The van der Waals surface area contributed by atoms with Gasteiger partial charge in [0.15, 0.2) is 0 Å². The van der Waals surface area contributed by atoms with E-state index in [2.05, 4.69) is 11.1 Å². The first-order chi connectivity index (χ1) is 14.5. The second-order valence-electron chi connectivity index (χ2n) is 6.74. The van der Waals surface area contributed by atoms with E-state index in [1.807, 2.05) is 30.3 Å². The summed E-state index contributed by atoms with van der Waals surface area (Å²) in [6, 6.07) is 16.7. The standard InChI is InChI=1S/C21H17N5O4/c22-13-15-4-6-16(7-5-15)17-2-1-3-18(12-17)20(27)24-8-9-25-14-19(26(28)29)23-21(25)30-11-10-24/h1-7,12,14H,8-11H2. The molecule has 1 aromatic heterocycles. The summed E-state index contributed by atoms with van der Waals surface area (Å²) in [4.78, 5) is 28.9. The van der Waals surface area contributed by atoms with Crippen molar-refractivity contribution in [3.05, 3.63) is 76.0 Å². The fourth-order valence-corrected chi connectivity index (χ4v) is 3.29. The van der Waals surface area contributed by atoms with Gasteiger partial charge in [-0.25, -0.2) is 0 Å². The molecule has 2 heterocycles. The Morgan fingerprint density at radius 3 is 2.67 bits per heavy atom. The van der Waals surface area contributed by atoms with Crippen LogP contribution in [-0.4, -0.2) is 45.0 Å². The van der Waals surface area contributed by atoms with Gasteiger partial charge in [0.05, 0.1) is 18.2 Å². The average molecular weight is 403 g/mol. The van der Waals surface area contributed by atoms with Crippen LogP contribution in [0.4, 0.5) is 5.82 Å². The number of nitrogens with zero attached hydrogens (tertiary/aromatic N) is 5. The molecule has 4 rings (SSSR count). The number of imidazole rings is 1. The van der Waals surface area contributed by atoms with Crippen molar-refractivity contribution in [3.8, 4) is 23.2 Å². The number of nitriles is 1. The monoisotopic (exact) mass is 403 g/mol. The van der Waals surface area contributed by atoms with Crippen LogP contribution in [0.15, 0.2) is 54.7 Å². The quantitative estimate of drug-likeness (QED) is 0.491. The van der Waals surface area contributed by atoms with Crippen molar-refractivity contribution in [1.29, 1.82) is 5.26 Å². The molecular formula is C21H17N5O4. The number of benzene rings is 2. The number of carbonyl (C=O) groups excluding carboxylic acids is 1. The number of hydrogen-bond acceptors (Lipinski definition) is 6. The molecule has 0 spiro atoms. The largest absolute Gasteiger partial charge is 0.444 e. The van der Waals surface area contributed by atoms with Crippen LogP contribution >= 0.6 is 0 Å². The Labute approximate surface area is 171 Å². The van der Waals surface area contributed by atoms with Gasteiger partial charge in [0.1, 0.15) is 12.8 Å². The third-order valence-electron chi connectivity index (χ3n) is 4.86. The molecule has 3 aromatic rings. The van der Waals surface area contributed by atoms with Crippen molar-refractivity contribution in [3.63, 3.8) is 0 Å². The van der Waals surface area contributed by atoms with E-state index in [0.29, 0.717) is 30.8 Å². The summed E-state index contributed by atoms with van der Waals surface area (Å²) < 4.78 is 7.06. The van der Waals surface area contributed by atoms with Crippen LogP contribution in [0.25, 0.3) is 11.1 Å². The van der Waals surface area contributed by atoms with Gasteiger partial charge in [0.2, 0.25) is 0 Å². The number of aromatic nitrogens is 2. The Morgan fingerprint density at radius 1 is 1.13 bits per heavy atom. The summed E-state index contributed by atoms with van der Waals surface area (Å²) in [5.41, 5.74) is 2.90. The smallest absolute Gasteiger partial charge is 0.414 e. The van der Waals surface area contributed by atoms with E-state index in [9.17, 15) is 14.9 Å². The Morgan fingerprint density at radius 2 is 1.93 bits per heavy atom. The van der Waals surface area contributed by atoms with Gasteiger partial charge in [0.25, 0.3) is 5.91 Å². The molecule has 0 radical (unpaired) electrons. The first kappa shape index (κ1) is 19.1. The van der Waals surface area contributed by atoms with Crippen molar-refractivity contribution in [2.24, 2.45) is 0 Å². The summed E-state index contributed by atoms with van der Waals surface area (Å²) >= 11 is 0. The zero-order chi connectivity index (χ0) is 21.1. The minimum atomic E-state index is -0.571. The summed E-state index contributed by atoms with van der Waals surface area (Å²) in [6.45, 7) is 1.26. The lowest BCUT2D eigenvalue weighted by Gasteiger charge is -2.25. The molecule has 2 aromatic carbocycles. The van der Waals surface area contributed by atoms with E-state index in [1.165, 1.54) is 6.20 Å². The lowest BCUT2D eigenvalue weighted by atomic mass is 10.0. The Bertz CT molecular complexity index is 1150. The van der Waals surface area contributed by atoms with Crippen molar-refractivity contribution in [2.75, 3.05) is 19.7 Å². The minimum Gasteiger partial charge on any atom is -0.444 e. The molecule has 9 nitrogen and oxygen atoms in total. The molecule has 0 bridgehead atoms. The van der Waals surface area contributed by atoms with E-state index in [1.54, 1.807) is 27.7 Å². The average Bonchev–Trinajstić information content (AvgIpc) is 3.16. The van der Waals surface area contributed by atoms with E-state index < -0.39 is 4.92 Å². The van der Waals surface area contributed by atoms with Gasteiger partial charge >= 0.3 is 11.8 Å². The molecule has 0 aliphatic carbocycles. The lowest BCUT2D eigenvalue weighted by Crippen LogP contribution is -2.38. The van der Waals surface area contributed by atoms with Crippen LogP contribution in [0.2, 0.25) is 0 Å². The normalized spacial score (nSPS) is 13.4. The maximum atomic E-state index is 13.1. The van der Waals surface area contributed by atoms with Crippen LogP contribution in [-0.2, 0) is 6.54 Å². The van der Waals surface area contributed by atoms with Gasteiger partial charge in [-0.05, 0) is 40.3 Å². The number of rotatable bonds is 3. The molecule has 1 aliphatic heterocycles. The zero-order valence-corrected chi connectivity index (χ0v) is 15.9. The summed E-state index contributed by atoms with van der Waals surface area (Å²) in [5.74, 6) is -0.424. The predicted octanol–water partition coefficient (Wildman–Crippen LogP) is 2.86. The van der Waals surface area contributed by atoms with E-state index >= 15 is 0 Å². The van der Waals surface area contributed by atoms with Crippen molar-refractivity contribution < 1.29 is 14.5 Å². The predicted molar refractivity (Wildman–Crippen MR) is 107 cm³/mol. The molecule has 1 aliphatic rings. The van der Waals surface area contributed by atoms with Crippen LogP contribution in [0.1, 0.15) is 15.9 Å². The highest BCUT2D eigenvalue weighted by Gasteiger charge is 2.25.